The number of hydrogen-bond acceptors (Lipinski definition) is 4. The smallest absolute Gasteiger partial charge is 0.227 e. The highest BCUT2D eigenvalue weighted by Gasteiger charge is 2.15. The van der Waals surface area contributed by atoms with Gasteiger partial charge in [-0.1, -0.05) is 0 Å². The molecule has 0 unspecified atom stereocenters. The van der Waals surface area contributed by atoms with Gasteiger partial charge in [0, 0.05) is 12.8 Å². The van der Waals surface area contributed by atoms with E-state index < -0.39 is 0 Å². The van der Waals surface area contributed by atoms with Crippen LogP contribution < -0.4 is 5.32 Å². The Hall–Kier alpha value is -1.48. The number of nitrogens with one attached hydrogen (secondary N) is 3. The summed E-state index contributed by atoms with van der Waals surface area (Å²) in [4.78, 5) is 20.2. The second-order valence-corrected chi connectivity index (χ2v) is 1.60. The average Bonchev–Trinajstić information content (AvgIpc) is 2.17. The summed E-state index contributed by atoms with van der Waals surface area (Å²) in [5.41, 5.74) is 0. The Balaban J connectivity index is 0.000000236. The van der Waals surface area contributed by atoms with E-state index in [1.165, 1.54) is 6.01 Å². The molecule has 1 aliphatic rings. The van der Waals surface area contributed by atoms with E-state index in [0.29, 0.717) is 12.8 Å². The first kappa shape index (κ1) is 8.52. The molecule has 0 spiro atoms. The van der Waals surface area contributed by atoms with Crippen LogP contribution in [0.1, 0.15) is 12.8 Å². The van der Waals surface area contributed by atoms with Gasteiger partial charge in [-0.05, 0) is 0 Å². The Morgan fingerprint density at radius 1 is 1.20 bits per heavy atom. The van der Waals surface area contributed by atoms with Gasteiger partial charge in [-0.15, -0.1) is 0 Å². The molecule has 0 saturated carbocycles. The fourth-order valence-corrected chi connectivity index (χ4v) is 0.508. The summed E-state index contributed by atoms with van der Waals surface area (Å²) < 4.78 is 0. The maximum Gasteiger partial charge on any atom is 0.227 e. The zero-order valence-corrected chi connectivity index (χ0v) is 5.23. The van der Waals surface area contributed by atoms with E-state index in [1.54, 1.807) is 0 Å². The molecule has 0 aromatic carbocycles. The third-order valence-electron chi connectivity index (χ3n) is 0.858. The lowest BCUT2D eigenvalue weighted by molar-refractivity contribution is -0.124. The van der Waals surface area contributed by atoms with E-state index >= 15 is 0 Å². The zero-order valence-electron chi connectivity index (χ0n) is 5.23. The largest absolute Gasteiger partial charge is 0.296 e. The Bertz CT molecular complexity index is 167. The molecule has 2 amide bonds. The van der Waals surface area contributed by atoms with Crippen molar-refractivity contribution in [2.75, 3.05) is 0 Å². The van der Waals surface area contributed by atoms with Crippen LogP contribution in [-0.4, -0.2) is 17.8 Å². The van der Waals surface area contributed by atoms with E-state index in [0.717, 1.165) is 0 Å². The SMILES string of the molecule is N=C=N.O=C1CCC(=O)N1. The number of rotatable bonds is 0. The Morgan fingerprint density at radius 3 is 1.60 bits per heavy atom. The molecule has 5 nitrogen and oxygen atoms in total. The molecule has 1 heterocycles. The van der Waals surface area contributed by atoms with Gasteiger partial charge in [-0.3, -0.25) is 14.9 Å². The van der Waals surface area contributed by atoms with Crippen LogP contribution >= 0.6 is 0 Å². The van der Waals surface area contributed by atoms with Crippen LogP contribution in [0.25, 0.3) is 0 Å². The Labute approximate surface area is 57.4 Å². The van der Waals surface area contributed by atoms with Gasteiger partial charge in [0.15, 0.2) is 0 Å². The Kier molecular flexibility index (Phi) is 3.75. The summed E-state index contributed by atoms with van der Waals surface area (Å²) in [6.07, 6.45) is 0.748. The molecule has 10 heavy (non-hydrogen) atoms. The first-order valence-corrected chi connectivity index (χ1v) is 2.62. The van der Waals surface area contributed by atoms with Crippen LogP contribution in [0.3, 0.4) is 0 Å². The standard InChI is InChI=1S/C4H5NO2.CH2N2/c6-3-1-2-4(7)5-3;2-1-3/h1-2H2,(H,5,6,7);2-3H. The third-order valence-corrected chi connectivity index (χ3v) is 0.858. The van der Waals surface area contributed by atoms with Crippen LogP contribution in [0.5, 0.6) is 0 Å². The van der Waals surface area contributed by atoms with Crippen LogP contribution in [0, 0.1) is 10.8 Å². The molecule has 0 aromatic rings. The van der Waals surface area contributed by atoms with Crippen LogP contribution in [0.2, 0.25) is 0 Å². The summed E-state index contributed by atoms with van der Waals surface area (Å²) in [5.74, 6) is -0.296. The summed E-state index contributed by atoms with van der Waals surface area (Å²) in [7, 11) is 0. The van der Waals surface area contributed by atoms with Crippen LogP contribution in [0.15, 0.2) is 0 Å². The molecule has 5 heteroatoms. The molecule has 3 N–H and O–H groups in total. The second kappa shape index (κ2) is 4.40. The van der Waals surface area contributed by atoms with Crippen molar-refractivity contribution >= 4 is 17.8 Å². The lowest BCUT2D eigenvalue weighted by atomic mass is 10.4. The lowest BCUT2D eigenvalue weighted by Crippen LogP contribution is -2.18. The van der Waals surface area contributed by atoms with Crippen molar-refractivity contribution in [3.63, 3.8) is 0 Å². The monoisotopic (exact) mass is 141 g/mol. The average molecular weight is 141 g/mol. The van der Waals surface area contributed by atoms with Crippen molar-refractivity contribution in [1.82, 2.24) is 5.32 Å². The van der Waals surface area contributed by atoms with Gasteiger partial charge in [-0.2, -0.15) is 0 Å². The van der Waals surface area contributed by atoms with Crippen molar-refractivity contribution < 1.29 is 9.59 Å². The van der Waals surface area contributed by atoms with Crippen molar-refractivity contribution in [2.24, 2.45) is 0 Å². The van der Waals surface area contributed by atoms with Gasteiger partial charge < -0.3 is 0 Å². The summed E-state index contributed by atoms with van der Waals surface area (Å²) in [5, 5.41) is 13.4. The third kappa shape index (κ3) is 3.51. The van der Waals surface area contributed by atoms with Crippen LogP contribution in [0.4, 0.5) is 0 Å². The second-order valence-electron chi connectivity index (χ2n) is 1.60. The van der Waals surface area contributed by atoms with Crippen molar-refractivity contribution in [3.8, 4) is 0 Å². The minimum Gasteiger partial charge on any atom is -0.296 e. The van der Waals surface area contributed by atoms with Gasteiger partial charge >= 0.3 is 0 Å². The minimum absolute atomic E-state index is 0.148. The van der Waals surface area contributed by atoms with Crippen LogP contribution in [-0.2, 0) is 9.59 Å². The van der Waals surface area contributed by atoms with Gasteiger partial charge in [0.05, 0.1) is 6.01 Å². The predicted molar refractivity (Wildman–Crippen MR) is 32.8 cm³/mol. The van der Waals surface area contributed by atoms with Gasteiger partial charge in [0.1, 0.15) is 0 Å². The molecule has 0 aliphatic carbocycles. The first-order valence-electron chi connectivity index (χ1n) is 2.62. The molecule has 54 valence electrons. The molecular formula is C5H7N3O2. The maximum atomic E-state index is 10.1. The van der Waals surface area contributed by atoms with E-state index in [4.69, 9.17) is 10.8 Å². The highest BCUT2D eigenvalue weighted by Crippen LogP contribution is 1.95. The normalized spacial score (nSPS) is 14.8. The molecular weight excluding hydrogens is 134 g/mol. The van der Waals surface area contributed by atoms with E-state index in [9.17, 15) is 9.59 Å². The lowest BCUT2D eigenvalue weighted by Gasteiger charge is -1.79. The number of amides is 2. The van der Waals surface area contributed by atoms with E-state index in [1.807, 2.05) is 0 Å². The van der Waals surface area contributed by atoms with Gasteiger partial charge in [-0.25, -0.2) is 10.8 Å². The molecule has 1 aliphatic heterocycles. The first-order chi connectivity index (χ1) is 4.70. The van der Waals surface area contributed by atoms with Crippen molar-refractivity contribution in [1.29, 1.82) is 10.8 Å². The number of hydrogen-bond donors (Lipinski definition) is 3. The molecule has 0 radical (unpaired) electrons. The van der Waals surface area contributed by atoms with Gasteiger partial charge in [0.25, 0.3) is 0 Å². The predicted octanol–water partition coefficient (Wildman–Crippen LogP) is -0.259. The number of imide groups is 1. The molecule has 0 atom stereocenters. The minimum atomic E-state index is -0.148. The highest BCUT2D eigenvalue weighted by atomic mass is 16.2. The highest BCUT2D eigenvalue weighted by molar-refractivity contribution is 6.01. The van der Waals surface area contributed by atoms with Crippen molar-refractivity contribution in [2.45, 2.75) is 12.8 Å². The quantitative estimate of drug-likeness (QED) is 0.320. The Morgan fingerprint density at radius 2 is 1.50 bits per heavy atom. The number of carbonyl (C=O) groups excluding carboxylic acids is 2. The fraction of sp³-hybridized carbons (Fsp3) is 0.400. The molecule has 0 bridgehead atoms. The van der Waals surface area contributed by atoms with E-state index in [-0.39, 0.29) is 11.8 Å². The van der Waals surface area contributed by atoms with E-state index in [2.05, 4.69) is 5.32 Å². The summed E-state index contributed by atoms with van der Waals surface area (Å²) in [6.45, 7) is 0. The fourth-order valence-electron chi connectivity index (χ4n) is 0.508. The topological polar surface area (TPSA) is 93.9 Å². The maximum absolute atomic E-state index is 10.1. The van der Waals surface area contributed by atoms with Gasteiger partial charge in [0.2, 0.25) is 11.8 Å². The molecule has 0 aromatic heterocycles. The summed E-state index contributed by atoms with van der Waals surface area (Å²) >= 11 is 0. The van der Waals surface area contributed by atoms with Crippen molar-refractivity contribution in [3.05, 3.63) is 0 Å². The molecule has 1 fully saturated rings. The molecule has 1 rings (SSSR count). The molecule has 1 saturated heterocycles. The zero-order chi connectivity index (χ0) is 7.98. The summed E-state index contributed by atoms with van der Waals surface area (Å²) in [6, 6.07) is 1.25. The number of carbonyl (C=O) groups is 2.